The molecule has 4 nitrogen and oxygen atoms in total. The monoisotopic (exact) mass is 217 g/mol. The van der Waals surface area contributed by atoms with E-state index in [1.165, 1.54) is 0 Å². The minimum absolute atomic E-state index is 0.0760. The van der Waals surface area contributed by atoms with Crippen molar-refractivity contribution in [2.75, 3.05) is 26.9 Å². The van der Waals surface area contributed by atoms with Gasteiger partial charge < -0.3 is 14.8 Å². The van der Waals surface area contributed by atoms with Crippen LogP contribution in [0.25, 0.3) is 0 Å². The van der Waals surface area contributed by atoms with Crippen LogP contribution in [0.3, 0.4) is 0 Å². The Morgan fingerprint density at radius 1 is 1.40 bits per heavy atom. The fraction of sp³-hybridized carbons (Fsp3) is 0.909. The minimum atomic E-state index is -0.268. The first-order chi connectivity index (χ1) is 6.85. The topological polar surface area (TPSA) is 47.6 Å². The van der Waals surface area contributed by atoms with Crippen LogP contribution in [0.5, 0.6) is 0 Å². The first kappa shape index (κ1) is 14.4. The smallest absolute Gasteiger partial charge is 0.246 e. The van der Waals surface area contributed by atoms with Gasteiger partial charge in [-0.15, -0.1) is 0 Å². The van der Waals surface area contributed by atoms with Crippen molar-refractivity contribution in [3.05, 3.63) is 0 Å². The molecule has 1 amide bonds. The van der Waals surface area contributed by atoms with Crippen LogP contribution in [0.1, 0.15) is 27.7 Å². The van der Waals surface area contributed by atoms with Gasteiger partial charge in [-0.1, -0.05) is 6.92 Å². The second kappa shape index (κ2) is 6.80. The number of methoxy groups -OCH3 is 1. The molecular formula is C11H23NO3. The summed E-state index contributed by atoms with van der Waals surface area (Å²) in [5.74, 6) is 0.251. The molecule has 0 aromatic rings. The Bertz CT molecular complexity index is 187. The van der Waals surface area contributed by atoms with Crippen LogP contribution < -0.4 is 5.32 Å². The highest BCUT2D eigenvalue weighted by molar-refractivity contribution is 5.77. The van der Waals surface area contributed by atoms with Gasteiger partial charge in [0.2, 0.25) is 5.91 Å². The molecule has 1 unspecified atom stereocenters. The lowest BCUT2D eigenvalue weighted by Gasteiger charge is -2.19. The van der Waals surface area contributed by atoms with Crippen molar-refractivity contribution in [2.24, 2.45) is 5.92 Å². The summed E-state index contributed by atoms with van der Waals surface area (Å²) in [6.07, 6.45) is 0. The van der Waals surface area contributed by atoms with Crippen molar-refractivity contribution in [3.63, 3.8) is 0 Å². The Labute approximate surface area is 92.3 Å². The fourth-order valence-corrected chi connectivity index (χ4v) is 0.965. The van der Waals surface area contributed by atoms with Crippen LogP contribution in [0.15, 0.2) is 0 Å². The van der Waals surface area contributed by atoms with Crippen LogP contribution >= 0.6 is 0 Å². The van der Waals surface area contributed by atoms with E-state index < -0.39 is 0 Å². The molecule has 0 radical (unpaired) electrons. The van der Waals surface area contributed by atoms with Gasteiger partial charge in [0.05, 0.1) is 12.2 Å². The van der Waals surface area contributed by atoms with Crippen molar-refractivity contribution in [1.82, 2.24) is 5.32 Å². The number of rotatable bonds is 6. The van der Waals surface area contributed by atoms with Gasteiger partial charge in [-0.2, -0.15) is 0 Å². The molecule has 0 aliphatic carbocycles. The molecule has 0 aromatic carbocycles. The van der Waals surface area contributed by atoms with E-state index in [0.29, 0.717) is 19.1 Å². The lowest BCUT2D eigenvalue weighted by Crippen LogP contribution is -2.35. The quantitative estimate of drug-likeness (QED) is 0.727. The molecule has 90 valence electrons. The maximum atomic E-state index is 11.3. The number of amides is 1. The van der Waals surface area contributed by atoms with Crippen LogP contribution in [-0.4, -0.2) is 38.4 Å². The molecule has 0 fully saturated rings. The lowest BCUT2D eigenvalue weighted by atomic mass is 10.2. The predicted octanol–water partition coefficient (Wildman–Crippen LogP) is 1.20. The number of hydrogen-bond donors (Lipinski definition) is 1. The third-order valence-electron chi connectivity index (χ3n) is 1.74. The molecule has 0 aliphatic heterocycles. The molecule has 1 atom stereocenters. The van der Waals surface area contributed by atoms with Crippen LogP contribution in [0.2, 0.25) is 0 Å². The fourth-order valence-electron chi connectivity index (χ4n) is 0.965. The zero-order valence-electron chi connectivity index (χ0n) is 10.4. The molecule has 0 aromatic heterocycles. The summed E-state index contributed by atoms with van der Waals surface area (Å²) in [5.41, 5.74) is -0.268. The number of carbonyl (C=O) groups excluding carboxylic acids is 1. The van der Waals surface area contributed by atoms with Crippen molar-refractivity contribution < 1.29 is 14.3 Å². The maximum absolute atomic E-state index is 11.3. The van der Waals surface area contributed by atoms with Gasteiger partial charge in [0.25, 0.3) is 0 Å². The summed E-state index contributed by atoms with van der Waals surface area (Å²) in [4.78, 5) is 11.3. The number of nitrogens with one attached hydrogen (secondary N) is 1. The molecule has 0 bridgehead atoms. The summed E-state index contributed by atoms with van der Waals surface area (Å²) in [7, 11) is 1.65. The molecule has 0 spiro atoms. The Morgan fingerprint density at radius 3 is 2.47 bits per heavy atom. The summed E-state index contributed by atoms with van der Waals surface area (Å²) < 4.78 is 10.3. The van der Waals surface area contributed by atoms with E-state index in [1.807, 2.05) is 27.7 Å². The van der Waals surface area contributed by atoms with Crippen molar-refractivity contribution in [3.8, 4) is 0 Å². The molecule has 0 heterocycles. The average Bonchev–Trinajstić information content (AvgIpc) is 2.11. The summed E-state index contributed by atoms with van der Waals surface area (Å²) in [5, 5.41) is 2.80. The highest BCUT2D eigenvalue weighted by Gasteiger charge is 2.13. The number of hydrogen-bond acceptors (Lipinski definition) is 3. The van der Waals surface area contributed by atoms with Crippen molar-refractivity contribution in [2.45, 2.75) is 33.3 Å². The van der Waals surface area contributed by atoms with E-state index in [1.54, 1.807) is 7.11 Å². The normalized spacial score (nSPS) is 13.7. The first-order valence-electron chi connectivity index (χ1n) is 5.24. The van der Waals surface area contributed by atoms with Gasteiger partial charge in [0, 0.05) is 13.7 Å². The van der Waals surface area contributed by atoms with Gasteiger partial charge in [-0.05, 0) is 26.7 Å². The van der Waals surface area contributed by atoms with Crippen molar-refractivity contribution in [1.29, 1.82) is 0 Å². The molecular weight excluding hydrogens is 194 g/mol. The molecule has 1 N–H and O–H groups in total. The second-order valence-corrected chi connectivity index (χ2v) is 4.77. The van der Waals surface area contributed by atoms with Crippen molar-refractivity contribution >= 4 is 5.91 Å². The van der Waals surface area contributed by atoms with Gasteiger partial charge in [-0.25, -0.2) is 0 Å². The third-order valence-corrected chi connectivity index (χ3v) is 1.74. The lowest BCUT2D eigenvalue weighted by molar-refractivity contribution is -0.130. The molecule has 0 aliphatic rings. The van der Waals surface area contributed by atoms with E-state index >= 15 is 0 Å². The highest BCUT2D eigenvalue weighted by Crippen LogP contribution is 2.05. The Hall–Kier alpha value is -0.610. The molecule has 0 rings (SSSR count). The average molecular weight is 217 g/mol. The second-order valence-electron chi connectivity index (χ2n) is 4.77. The Kier molecular flexibility index (Phi) is 6.52. The van der Waals surface area contributed by atoms with E-state index in [4.69, 9.17) is 9.47 Å². The SMILES string of the molecule is COCC(C)CNC(=O)COC(C)(C)C. The zero-order valence-corrected chi connectivity index (χ0v) is 10.4. The van der Waals surface area contributed by atoms with E-state index in [-0.39, 0.29) is 18.1 Å². The molecule has 0 saturated heterocycles. The predicted molar refractivity (Wildman–Crippen MR) is 59.8 cm³/mol. The standard InChI is InChI=1S/C11H23NO3/c1-9(7-14-5)6-12-10(13)8-15-11(2,3)4/h9H,6-8H2,1-5H3,(H,12,13). The van der Waals surface area contributed by atoms with Crippen LogP contribution in [0, 0.1) is 5.92 Å². The minimum Gasteiger partial charge on any atom is -0.384 e. The zero-order chi connectivity index (χ0) is 11.9. The van der Waals surface area contributed by atoms with E-state index in [2.05, 4.69) is 5.32 Å². The van der Waals surface area contributed by atoms with E-state index in [9.17, 15) is 4.79 Å². The third kappa shape index (κ3) is 9.69. The Balaban J connectivity index is 3.58. The number of carbonyl (C=O) groups is 1. The molecule has 15 heavy (non-hydrogen) atoms. The maximum Gasteiger partial charge on any atom is 0.246 e. The summed E-state index contributed by atoms with van der Waals surface area (Å²) >= 11 is 0. The van der Waals surface area contributed by atoms with Crippen LogP contribution in [-0.2, 0) is 14.3 Å². The van der Waals surface area contributed by atoms with Gasteiger partial charge in [0.1, 0.15) is 6.61 Å². The Morgan fingerprint density at radius 2 is 2.00 bits per heavy atom. The van der Waals surface area contributed by atoms with Gasteiger partial charge in [-0.3, -0.25) is 4.79 Å². The first-order valence-corrected chi connectivity index (χ1v) is 5.24. The summed E-state index contributed by atoms with van der Waals surface area (Å²) in [6, 6.07) is 0. The van der Waals surface area contributed by atoms with Gasteiger partial charge in [0.15, 0.2) is 0 Å². The largest absolute Gasteiger partial charge is 0.384 e. The molecule has 0 saturated carbocycles. The highest BCUT2D eigenvalue weighted by atomic mass is 16.5. The van der Waals surface area contributed by atoms with Gasteiger partial charge >= 0.3 is 0 Å². The van der Waals surface area contributed by atoms with Crippen LogP contribution in [0.4, 0.5) is 0 Å². The number of ether oxygens (including phenoxy) is 2. The summed E-state index contributed by atoms with van der Waals surface area (Å²) in [6.45, 7) is 9.19. The molecule has 4 heteroatoms. The van der Waals surface area contributed by atoms with E-state index in [0.717, 1.165) is 0 Å².